The van der Waals surface area contributed by atoms with Crippen LogP contribution in [-0.4, -0.2) is 36.2 Å². The van der Waals surface area contributed by atoms with Crippen LogP contribution in [0, 0.1) is 0 Å². The third-order valence-corrected chi connectivity index (χ3v) is 5.32. The van der Waals surface area contributed by atoms with Crippen LogP contribution in [0.5, 0.6) is 0 Å². The predicted molar refractivity (Wildman–Crippen MR) is 106 cm³/mol. The maximum atomic E-state index is 12.8. The smallest absolute Gasteiger partial charge is 0.410 e. The number of Topliss-reactive ketones (excluding diaryl/α,β-unsaturated/α-hetero) is 1. The molecular formula is C21H21ClN2O5. The van der Waals surface area contributed by atoms with Crippen molar-refractivity contribution in [3.05, 3.63) is 64.9 Å². The van der Waals surface area contributed by atoms with Crippen LogP contribution in [0.3, 0.4) is 0 Å². The van der Waals surface area contributed by atoms with Crippen molar-refractivity contribution in [2.45, 2.75) is 31.1 Å². The molecule has 1 aliphatic rings. The molecule has 152 valence electrons. The van der Waals surface area contributed by atoms with E-state index in [1.54, 1.807) is 18.2 Å². The SMILES string of the molecule is O=C(NC[C@]1(c2ccccc2Cl)CCCCC1=O)OCOC(=O)c1cccnc1. The van der Waals surface area contributed by atoms with Gasteiger partial charge in [-0.25, -0.2) is 9.59 Å². The highest BCUT2D eigenvalue weighted by Gasteiger charge is 2.42. The predicted octanol–water partition coefficient (Wildman–Crippen LogP) is 3.66. The number of ether oxygens (including phenoxy) is 2. The lowest BCUT2D eigenvalue weighted by molar-refractivity contribution is -0.126. The van der Waals surface area contributed by atoms with E-state index in [4.69, 9.17) is 21.1 Å². The molecule has 0 radical (unpaired) electrons. The molecule has 1 aromatic carbocycles. The lowest BCUT2D eigenvalue weighted by atomic mass is 9.68. The molecular weight excluding hydrogens is 396 g/mol. The number of alkyl carbamates (subject to hydrolysis) is 1. The molecule has 1 heterocycles. The van der Waals surface area contributed by atoms with Crippen molar-refractivity contribution in [3.8, 4) is 0 Å². The summed E-state index contributed by atoms with van der Waals surface area (Å²) in [6.45, 7) is -0.489. The van der Waals surface area contributed by atoms with Gasteiger partial charge < -0.3 is 14.8 Å². The number of amides is 1. The summed E-state index contributed by atoms with van der Waals surface area (Å²) in [4.78, 5) is 40.5. The average Bonchev–Trinajstić information content (AvgIpc) is 2.74. The van der Waals surface area contributed by atoms with Gasteiger partial charge in [0.2, 0.25) is 6.79 Å². The van der Waals surface area contributed by atoms with Crippen molar-refractivity contribution in [2.75, 3.05) is 13.3 Å². The Morgan fingerprint density at radius 1 is 1.14 bits per heavy atom. The molecule has 0 saturated heterocycles. The van der Waals surface area contributed by atoms with E-state index < -0.39 is 24.3 Å². The van der Waals surface area contributed by atoms with Gasteiger partial charge in [-0.05, 0) is 36.6 Å². The van der Waals surface area contributed by atoms with Crippen LogP contribution < -0.4 is 5.32 Å². The van der Waals surface area contributed by atoms with Gasteiger partial charge in [0.15, 0.2) is 0 Å². The summed E-state index contributed by atoms with van der Waals surface area (Å²) in [6.07, 6.45) is 4.80. The molecule has 1 aliphatic carbocycles. The molecule has 1 aromatic heterocycles. The van der Waals surface area contributed by atoms with Gasteiger partial charge >= 0.3 is 12.1 Å². The number of nitrogens with one attached hydrogen (secondary N) is 1. The second kappa shape index (κ2) is 9.52. The van der Waals surface area contributed by atoms with Gasteiger partial charge in [-0.1, -0.05) is 36.2 Å². The fourth-order valence-electron chi connectivity index (χ4n) is 3.48. The second-order valence-corrected chi connectivity index (χ2v) is 7.18. The van der Waals surface area contributed by atoms with Gasteiger partial charge in [0.05, 0.1) is 11.0 Å². The van der Waals surface area contributed by atoms with Crippen LogP contribution in [0.4, 0.5) is 4.79 Å². The number of benzene rings is 1. The molecule has 1 amide bonds. The molecule has 1 N–H and O–H groups in total. The van der Waals surface area contributed by atoms with Crippen molar-refractivity contribution >= 4 is 29.4 Å². The van der Waals surface area contributed by atoms with E-state index in [1.165, 1.54) is 18.5 Å². The van der Waals surface area contributed by atoms with Gasteiger partial charge in [-0.15, -0.1) is 0 Å². The molecule has 0 spiro atoms. The number of rotatable bonds is 6. The molecule has 0 unspecified atom stereocenters. The minimum atomic E-state index is -0.887. The third kappa shape index (κ3) is 4.92. The standard InChI is InChI=1S/C21H21ClN2O5/c22-17-8-2-1-7-16(17)21(10-4-3-9-18(21)25)13-24-20(27)29-14-28-19(26)15-6-5-11-23-12-15/h1-2,5-8,11-12H,3-4,9-10,13-14H2,(H,24,27)/t21-/m0/s1. The van der Waals surface area contributed by atoms with Gasteiger partial charge in [-0.2, -0.15) is 0 Å². The molecule has 3 rings (SSSR count). The Hall–Kier alpha value is -2.93. The first-order valence-electron chi connectivity index (χ1n) is 9.29. The van der Waals surface area contributed by atoms with E-state index >= 15 is 0 Å². The first-order chi connectivity index (χ1) is 14.0. The second-order valence-electron chi connectivity index (χ2n) is 6.77. The molecule has 7 nitrogen and oxygen atoms in total. The van der Waals surface area contributed by atoms with Crippen LogP contribution in [-0.2, 0) is 19.7 Å². The summed E-state index contributed by atoms with van der Waals surface area (Å²) in [5, 5.41) is 3.11. The Kier molecular flexibility index (Phi) is 6.82. The molecule has 1 atom stereocenters. The Bertz CT molecular complexity index is 890. The summed E-state index contributed by atoms with van der Waals surface area (Å²) in [7, 11) is 0. The summed E-state index contributed by atoms with van der Waals surface area (Å²) in [5.41, 5.74) is 0.0683. The molecule has 1 fully saturated rings. The number of ketones is 1. The molecule has 2 aromatic rings. The highest BCUT2D eigenvalue weighted by molar-refractivity contribution is 6.31. The number of nitrogens with zero attached hydrogens (tertiary/aromatic N) is 1. The Morgan fingerprint density at radius 3 is 2.69 bits per heavy atom. The van der Waals surface area contributed by atoms with E-state index in [0.717, 1.165) is 12.8 Å². The van der Waals surface area contributed by atoms with Crippen molar-refractivity contribution in [3.63, 3.8) is 0 Å². The maximum absolute atomic E-state index is 12.8. The maximum Gasteiger partial charge on any atom is 0.410 e. The molecule has 1 saturated carbocycles. The van der Waals surface area contributed by atoms with E-state index in [1.807, 2.05) is 12.1 Å². The zero-order chi connectivity index (χ0) is 20.7. The Balaban J connectivity index is 1.58. The number of aromatic nitrogens is 1. The van der Waals surface area contributed by atoms with Gasteiger partial charge in [0.25, 0.3) is 0 Å². The highest BCUT2D eigenvalue weighted by Crippen LogP contribution is 2.39. The van der Waals surface area contributed by atoms with Crippen LogP contribution in [0.15, 0.2) is 48.8 Å². The molecule has 0 aliphatic heterocycles. The topological polar surface area (TPSA) is 94.6 Å². The van der Waals surface area contributed by atoms with Crippen LogP contribution in [0.2, 0.25) is 5.02 Å². The van der Waals surface area contributed by atoms with E-state index in [9.17, 15) is 14.4 Å². The number of halogens is 1. The summed E-state index contributed by atoms with van der Waals surface area (Å²) in [5.74, 6) is -0.610. The number of hydrogen-bond acceptors (Lipinski definition) is 6. The number of carbonyl (C=O) groups excluding carboxylic acids is 3. The minimum Gasteiger partial charge on any atom is -0.424 e. The quantitative estimate of drug-likeness (QED) is 0.570. The Morgan fingerprint density at radius 2 is 1.97 bits per heavy atom. The summed E-state index contributed by atoms with van der Waals surface area (Å²) < 4.78 is 9.80. The lowest BCUT2D eigenvalue weighted by Crippen LogP contribution is -2.48. The van der Waals surface area contributed by atoms with Crippen molar-refractivity contribution in [1.82, 2.24) is 10.3 Å². The van der Waals surface area contributed by atoms with Crippen molar-refractivity contribution in [1.29, 1.82) is 0 Å². The number of carbonyl (C=O) groups is 3. The molecule has 0 bridgehead atoms. The zero-order valence-electron chi connectivity index (χ0n) is 15.7. The van der Waals surface area contributed by atoms with Crippen LogP contribution in [0.25, 0.3) is 0 Å². The Labute approximate surface area is 173 Å². The first-order valence-corrected chi connectivity index (χ1v) is 9.67. The van der Waals surface area contributed by atoms with Crippen molar-refractivity contribution in [2.24, 2.45) is 0 Å². The fourth-order valence-corrected chi connectivity index (χ4v) is 3.80. The minimum absolute atomic E-state index is 0.0418. The highest BCUT2D eigenvalue weighted by atomic mass is 35.5. The molecule has 8 heteroatoms. The van der Waals surface area contributed by atoms with Gasteiger partial charge in [-0.3, -0.25) is 9.78 Å². The van der Waals surface area contributed by atoms with Crippen LogP contribution in [0.1, 0.15) is 41.6 Å². The summed E-state index contributed by atoms with van der Waals surface area (Å²) in [6, 6.07) is 10.3. The van der Waals surface area contributed by atoms with Gasteiger partial charge in [0.1, 0.15) is 5.78 Å². The van der Waals surface area contributed by atoms with Crippen LogP contribution >= 0.6 is 11.6 Å². The number of hydrogen-bond donors (Lipinski definition) is 1. The average molecular weight is 417 g/mol. The third-order valence-electron chi connectivity index (χ3n) is 4.99. The van der Waals surface area contributed by atoms with E-state index in [2.05, 4.69) is 10.3 Å². The normalized spacial score (nSPS) is 18.7. The summed E-state index contributed by atoms with van der Waals surface area (Å²) >= 11 is 6.35. The zero-order valence-corrected chi connectivity index (χ0v) is 16.5. The number of pyridine rings is 1. The van der Waals surface area contributed by atoms with E-state index in [0.29, 0.717) is 23.4 Å². The lowest BCUT2D eigenvalue weighted by Gasteiger charge is -2.36. The largest absolute Gasteiger partial charge is 0.424 e. The monoisotopic (exact) mass is 416 g/mol. The first kappa shape index (κ1) is 20.8. The van der Waals surface area contributed by atoms with Gasteiger partial charge in [0, 0.05) is 30.4 Å². The fraction of sp³-hybridized carbons (Fsp3) is 0.333. The van der Waals surface area contributed by atoms with E-state index in [-0.39, 0.29) is 17.9 Å². The van der Waals surface area contributed by atoms with Crippen molar-refractivity contribution < 1.29 is 23.9 Å². The number of esters is 1. The molecule has 29 heavy (non-hydrogen) atoms.